The van der Waals surface area contributed by atoms with Crippen LogP contribution >= 0.6 is 23.2 Å². The van der Waals surface area contributed by atoms with Crippen molar-refractivity contribution in [2.24, 2.45) is 17.8 Å². The Bertz CT molecular complexity index is 1130. The number of imide groups is 1. The molecule has 1 spiro atoms. The molecule has 2 fully saturated rings. The number of likely N-dealkylation sites (tertiary alicyclic amines) is 1. The molecule has 6 nitrogen and oxygen atoms in total. The van der Waals surface area contributed by atoms with E-state index in [1.54, 1.807) is 36.4 Å². The van der Waals surface area contributed by atoms with Crippen molar-refractivity contribution in [2.75, 3.05) is 5.32 Å². The second kappa shape index (κ2) is 7.05. The van der Waals surface area contributed by atoms with Gasteiger partial charge in [0.25, 0.3) is 0 Å². The maximum atomic E-state index is 13.7. The predicted octanol–water partition coefficient (Wildman–Crippen LogP) is 3.57. The molecule has 2 saturated heterocycles. The molecule has 160 valence electrons. The third kappa shape index (κ3) is 2.78. The standard InChI is InChI=1S/C23H21Cl2N3O3/c1-11(2)19-17-18(21(30)28(20(17)29)10-12-5-3-4-6-15(12)25)23(27-19)14-9-13(24)7-8-16(14)26-22(23)31/h3-9,11,17-19,27H,10H2,1-2H3,(H,26,31). The highest BCUT2D eigenvalue weighted by Gasteiger charge is 2.70. The van der Waals surface area contributed by atoms with Crippen LogP contribution in [0.3, 0.4) is 0 Å². The van der Waals surface area contributed by atoms with Crippen molar-refractivity contribution in [1.82, 2.24) is 10.2 Å². The highest BCUT2D eigenvalue weighted by molar-refractivity contribution is 6.31. The zero-order valence-corrected chi connectivity index (χ0v) is 18.5. The van der Waals surface area contributed by atoms with Crippen molar-refractivity contribution in [1.29, 1.82) is 0 Å². The first kappa shape index (κ1) is 20.5. The Morgan fingerprint density at radius 1 is 1.06 bits per heavy atom. The molecule has 0 radical (unpaired) electrons. The van der Waals surface area contributed by atoms with E-state index < -0.39 is 17.4 Å². The Morgan fingerprint density at radius 3 is 2.52 bits per heavy atom. The molecule has 2 N–H and O–H groups in total. The lowest BCUT2D eigenvalue weighted by atomic mass is 9.76. The monoisotopic (exact) mass is 457 g/mol. The van der Waals surface area contributed by atoms with Gasteiger partial charge < -0.3 is 5.32 Å². The molecule has 4 unspecified atom stereocenters. The fraction of sp³-hybridized carbons (Fsp3) is 0.348. The highest BCUT2D eigenvalue weighted by Crippen LogP contribution is 2.54. The van der Waals surface area contributed by atoms with E-state index >= 15 is 0 Å². The number of amides is 3. The Balaban J connectivity index is 1.63. The third-order valence-electron chi connectivity index (χ3n) is 6.71. The number of halogens is 2. The Kier molecular flexibility index (Phi) is 4.66. The van der Waals surface area contributed by atoms with Crippen molar-refractivity contribution in [3.8, 4) is 0 Å². The van der Waals surface area contributed by atoms with E-state index in [4.69, 9.17) is 23.2 Å². The first-order valence-corrected chi connectivity index (χ1v) is 11.0. The quantitative estimate of drug-likeness (QED) is 0.690. The summed E-state index contributed by atoms with van der Waals surface area (Å²) in [5, 5.41) is 7.22. The third-order valence-corrected chi connectivity index (χ3v) is 7.31. The molecule has 0 aliphatic carbocycles. The summed E-state index contributed by atoms with van der Waals surface area (Å²) in [4.78, 5) is 41.8. The largest absolute Gasteiger partial charge is 0.324 e. The van der Waals surface area contributed by atoms with E-state index in [0.717, 1.165) is 0 Å². The number of benzene rings is 2. The van der Waals surface area contributed by atoms with Crippen molar-refractivity contribution in [2.45, 2.75) is 32.0 Å². The van der Waals surface area contributed by atoms with Crippen LogP contribution in [0.5, 0.6) is 0 Å². The number of carbonyl (C=O) groups is 3. The molecule has 2 aromatic rings. The van der Waals surface area contributed by atoms with Crippen LogP contribution in [0.25, 0.3) is 0 Å². The van der Waals surface area contributed by atoms with Crippen LogP contribution in [0.2, 0.25) is 10.0 Å². The van der Waals surface area contributed by atoms with Crippen LogP contribution < -0.4 is 10.6 Å². The van der Waals surface area contributed by atoms with Crippen LogP contribution in [0.1, 0.15) is 25.0 Å². The lowest BCUT2D eigenvalue weighted by Crippen LogP contribution is -2.53. The van der Waals surface area contributed by atoms with Gasteiger partial charge in [-0.3, -0.25) is 24.6 Å². The summed E-state index contributed by atoms with van der Waals surface area (Å²) in [5.74, 6) is -2.45. The highest BCUT2D eigenvalue weighted by atomic mass is 35.5. The van der Waals surface area contributed by atoms with Gasteiger partial charge in [0, 0.05) is 27.3 Å². The topological polar surface area (TPSA) is 78.5 Å². The van der Waals surface area contributed by atoms with Gasteiger partial charge in [0.15, 0.2) is 0 Å². The van der Waals surface area contributed by atoms with Crippen molar-refractivity contribution in [3.63, 3.8) is 0 Å². The molecule has 8 heteroatoms. The summed E-state index contributed by atoms with van der Waals surface area (Å²) in [6.07, 6.45) is 0. The maximum Gasteiger partial charge on any atom is 0.250 e. The molecule has 3 heterocycles. The van der Waals surface area contributed by atoms with Gasteiger partial charge in [-0.05, 0) is 35.7 Å². The molecular weight excluding hydrogens is 437 g/mol. The van der Waals surface area contributed by atoms with E-state index in [-0.39, 0.29) is 36.2 Å². The lowest BCUT2D eigenvalue weighted by molar-refractivity contribution is -0.143. The number of rotatable bonds is 3. The van der Waals surface area contributed by atoms with Gasteiger partial charge >= 0.3 is 0 Å². The fourth-order valence-corrected chi connectivity index (χ4v) is 5.66. The maximum absolute atomic E-state index is 13.7. The smallest absolute Gasteiger partial charge is 0.250 e. The number of nitrogens with zero attached hydrogens (tertiary/aromatic N) is 1. The summed E-state index contributed by atoms with van der Waals surface area (Å²) < 4.78 is 0. The summed E-state index contributed by atoms with van der Waals surface area (Å²) in [6, 6.07) is 11.9. The fourth-order valence-electron chi connectivity index (χ4n) is 5.29. The molecule has 2 aromatic carbocycles. The molecule has 3 aliphatic rings. The van der Waals surface area contributed by atoms with Crippen molar-refractivity contribution >= 4 is 46.6 Å². The van der Waals surface area contributed by atoms with Crippen LogP contribution in [0.4, 0.5) is 5.69 Å². The van der Waals surface area contributed by atoms with Gasteiger partial charge in [-0.25, -0.2) is 0 Å². The Hall–Kier alpha value is -2.41. The minimum Gasteiger partial charge on any atom is -0.324 e. The lowest BCUT2D eigenvalue weighted by Gasteiger charge is -2.30. The average Bonchev–Trinajstić information content (AvgIpc) is 3.31. The zero-order chi connectivity index (χ0) is 22.1. The number of nitrogens with one attached hydrogen (secondary N) is 2. The van der Waals surface area contributed by atoms with Gasteiger partial charge in [0.1, 0.15) is 5.54 Å². The van der Waals surface area contributed by atoms with E-state index in [2.05, 4.69) is 10.6 Å². The summed E-state index contributed by atoms with van der Waals surface area (Å²) >= 11 is 12.5. The molecular formula is C23H21Cl2N3O3. The zero-order valence-electron chi connectivity index (χ0n) is 17.0. The predicted molar refractivity (Wildman–Crippen MR) is 118 cm³/mol. The van der Waals surface area contributed by atoms with Crippen LogP contribution in [0.15, 0.2) is 42.5 Å². The van der Waals surface area contributed by atoms with E-state index in [9.17, 15) is 14.4 Å². The molecule has 3 aliphatic heterocycles. The molecule has 31 heavy (non-hydrogen) atoms. The van der Waals surface area contributed by atoms with E-state index in [0.29, 0.717) is 26.9 Å². The van der Waals surface area contributed by atoms with Gasteiger partial charge in [-0.2, -0.15) is 0 Å². The average molecular weight is 458 g/mol. The van der Waals surface area contributed by atoms with Crippen molar-refractivity contribution < 1.29 is 14.4 Å². The number of hydrogen-bond acceptors (Lipinski definition) is 4. The summed E-state index contributed by atoms with van der Waals surface area (Å²) in [7, 11) is 0. The number of anilines is 1. The number of fused-ring (bicyclic) bond motifs is 4. The van der Waals surface area contributed by atoms with Crippen molar-refractivity contribution in [3.05, 3.63) is 63.6 Å². The first-order valence-electron chi connectivity index (χ1n) is 10.2. The molecule has 0 saturated carbocycles. The Labute approximate surface area is 189 Å². The van der Waals surface area contributed by atoms with Gasteiger partial charge in [0.05, 0.1) is 18.4 Å². The van der Waals surface area contributed by atoms with E-state index in [1.807, 2.05) is 19.9 Å². The second-order valence-electron chi connectivity index (χ2n) is 8.72. The Morgan fingerprint density at radius 2 is 1.81 bits per heavy atom. The minimum absolute atomic E-state index is 0.0277. The summed E-state index contributed by atoms with van der Waals surface area (Å²) in [5.41, 5.74) is 0.578. The number of carbonyl (C=O) groups excluding carboxylic acids is 3. The van der Waals surface area contributed by atoms with Crippen LogP contribution in [-0.4, -0.2) is 28.7 Å². The van der Waals surface area contributed by atoms with Gasteiger partial charge in [-0.15, -0.1) is 0 Å². The minimum atomic E-state index is -1.33. The van der Waals surface area contributed by atoms with Crippen LogP contribution in [0, 0.1) is 17.8 Å². The first-order chi connectivity index (χ1) is 14.8. The van der Waals surface area contributed by atoms with E-state index in [1.165, 1.54) is 4.90 Å². The summed E-state index contributed by atoms with van der Waals surface area (Å²) in [6.45, 7) is 4.04. The normalized spacial score (nSPS) is 29.1. The number of hydrogen-bond donors (Lipinski definition) is 2. The molecule has 0 bridgehead atoms. The molecule has 4 atom stereocenters. The van der Waals surface area contributed by atoms with Gasteiger partial charge in [-0.1, -0.05) is 55.2 Å². The molecule has 0 aromatic heterocycles. The SMILES string of the molecule is CC(C)C1NC2(C(=O)Nc3ccc(Cl)cc32)C2C(=O)N(Cc3ccccc3Cl)C(=O)C12. The molecule has 3 amide bonds. The second-order valence-corrected chi connectivity index (χ2v) is 9.57. The van der Waals surface area contributed by atoms with Gasteiger partial charge in [0.2, 0.25) is 17.7 Å². The van der Waals surface area contributed by atoms with Crippen LogP contribution in [-0.2, 0) is 26.5 Å². The molecule has 5 rings (SSSR count).